The van der Waals surface area contributed by atoms with E-state index in [1.807, 2.05) is 0 Å². The molecular formula is C22H26ClNO4. The van der Waals surface area contributed by atoms with Crippen molar-refractivity contribution in [3.63, 3.8) is 0 Å². The Balaban J connectivity index is 0.00000225. The first kappa shape index (κ1) is 20.3. The second-order valence-corrected chi connectivity index (χ2v) is 7.02. The zero-order valence-electron chi connectivity index (χ0n) is 17.0. The van der Waals surface area contributed by atoms with E-state index in [1.54, 1.807) is 28.4 Å². The summed E-state index contributed by atoms with van der Waals surface area (Å²) >= 11 is 0. The number of hydrogen-bond acceptors (Lipinski definition) is 4. The number of ether oxygens (including phenoxy) is 4. The van der Waals surface area contributed by atoms with E-state index in [2.05, 4.69) is 35.8 Å². The summed E-state index contributed by atoms with van der Waals surface area (Å²) in [6.45, 7) is 3.19. The van der Waals surface area contributed by atoms with Crippen molar-refractivity contribution >= 4 is 5.71 Å². The Morgan fingerprint density at radius 1 is 0.786 bits per heavy atom. The third-order valence-corrected chi connectivity index (χ3v) is 5.85. The third kappa shape index (κ3) is 3.08. The molecule has 2 aromatic carbocycles. The third-order valence-electron chi connectivity index (χ3n) is 5.85. The van der Waals surface area contributed by atoms with E-state index in [-0.39, 0.29) is 12.4 Å². The van der Waals surface area contributed by atoms with E-state index in [0.717, 1.165) is 42.4 Å². The fourth-order valence-corrected chi connectivity index (χ4v) is 4.44. The molecule has 5 nitrogen and oxygen atoms in total. The van der Waals surface area contributed by atoms with Gasteiger partial charge < -0.3 is 31.4 Å². The normalized spacial score (nSPS) is 17.0. The van der Waals surface area contributed by atoms with Gasteiger partial charge in [-0.05, 0) is 35.4 Å². The fourth-order valence-electron chi connectivity index (χ4n) is 4.44. The van der Waals surface area contributed by atoms with Gasteiger partial charge in [-0.15, -0.1) is 0 Å². The lowest BCUT2D eigenvalue weighted by molar-refractivity contribution is -0.577. The van der Waals surface area contributed by atoms with Crippen LogP contribution in [0.25, 0.3) is 0 Å². The molecule has 2 heterocycles. The van der Waals surface area contributed by atoms with Crippen molar-refractivity contribution in [2.24, 2.45) is 0 Å². The van der Waals surface area contributed by atoms with Gasteiger partial charge in [0, 0.05) is 30.9 Å². The first-order valence-electron chi connectivity index (χ1n) is 9.21. The standard InChI is InChI=1S/C22H26NO4.ClH/c1-13-16-11-21(26-4)20(25-3)10-15(16)8-18-17-12-22(27-5)19(24-2)9-14(17)6-7-23(13)18;/h9-12,18H,6-8H2,1-5H3;1H/q+1;/p-1. The predicted octanol–water partition coefficient (Wildman–Crippen LogP) is 0.400. The van der Waals surface area contributed by atoms with Crippen molar-refractivity contribution in [3.8, 4) is 23.0 Å². The number of rotatable bonds is 4. The van der Waals surface area contributed by atoms with E-state index in [9.17, 15) is 0 Å². The Morgan fingerprint density at radius 3 is 1.93 bits per heavy atom. The molecule has 0 saturated carbocycles. The Bertz CT molecular complexity index is 939. The molecule has 2 aliphatic heterocycles. The van der Waals surface area contributed by atoms with Crippen molar-refractivity contribution in [2.75, 3.05) is 35.0 Å². The number of hydrogen-bond donors (Lipinski definition) is 0. The van der Waals surface area contributed by atoms with Crippen molar-refractivity contribution in [1.82, 2.24) is 0 Å². The highest BCUT2D eigenvalue weighted by Gasteiger charge is 2.38. The van der Waals surface area contributed by atoms with Gasteiger partial charge in [-0.3, -0.25) is 0 Å². The van der Waals surface area contributed by atoms with Gasteiger partial charge in [0.1, 0.15) is 6.54 Å². The summed E-state index contributed by atoms with van der Waals surface area (Å²) in [5.74, 6) is 3.14. The molecule has 1 atom stereocenters. The smallest absolute Gasteiger partial charge is 0.182 e. The quantitative estimate of drug-likeness (QED) is 0.693. The van der Waals surface area contributed by atoms with E-state index in [1.165, 1.54) is 28.0 Å². The number of nitrogens with zero attached hydrogens (tertiary/aromatic N) is 1. The summed E-state index contributed by atoms with van der Waals surface area (Å²) < 4.78 is 24.6. The summed E-state index contributed by atoms with van der Waals surface area (Å²) in [5.41, 5.74) is 6.47. The van der Waals surface area contributed by atoms with Crippen LogP contribution in [0.2, 0.25) is 0 Å². The molecule has 0 bridgehead atoms. The largest absolute Gasteiger partial charge is 1.00 e. The highest BCUT2D eigenvalue weighted by atomic mass is 35.5. The average Bonchev–Trinajstić information content (AvgIpc) is 2.71. The molecule has 0 N–H and O–H groups in total. The van der Waals surface area contributed by atoms with Gasteiger partial charge in [0.25, 0.3) is 0 Å². The minimum Gasteiger partial charge on any atom is -1.00 e. The monoisotopic (exact) mass is 403 g/mol. The molecule has 4 rings (SSSR count). The summed E-state index contributed by atoms with van der Waals surface area (Å²) in [4.78, 5) is 0. The molecule has 0 aromatic heterocycles. The number of fused-ring (bicyclic) bond motifs is 4. The fraction of sp³-hybridized carbons (Fsp3) is 0.409. The Morgan fingerprint density at radius 2 is 1.32 bits per heavy atom. The average molecular weight is 404 g/mol. The van der Waals surface area contributed by atoms with E-state index in [4.69, 9.17) is 18.9 Å². The van der Waals surface area contributed by atoms with Crippen LogP contribution in [0.4, 0.5) is 0 Å². The lowest BCUT2D eigenvalue weighted by Crippen LogP contribution is -3.00. The van der Waals surface area contributed by atoms with Crippen LogP contribution in [0.5, 0.6) is 23.0 Å². The van der Waals surface area contributed by atoms with Crippen LogP contribution in [0.1, 0.15) is 35.2 Å². The Kier molecular flexibility index (Phi) is 5.75. The molecule has 28 heavy (non-hydrogen) atoms. The summed E-state index contributed by atoms with van der Waals surface area (Å²) in [7, 11) is 6.74. The molecule has 0 fully saturated rings. The molecule has 0 spiro atoms. The van der Waals surface area contributed by atoms with Gasteiger partial charge in [-0.1, -0.05) is 0 Å². The molecule has 2 aliphatic rings. The van der Waals surface area contributed by atoms with Crippen LogP contribution in [-0.4, -0.2) is 45.3 Å². The number of methoxy groups -OCH3 is 4. The van der Waals surface area contributed by atoms with Gasteiger partial charge in [0.15, 0.2) is 34.8 Å². The minimum atomic E-state index is 0. The number of halogens is 1. The van der Waals surface area contributed by atoms with Crippen LogP contribution in [0.15, 0.2) is 24.3 Å². The Hall–Kier alpha value is -2.40. The van der Waals surface area contributed by atoms with Crippen LogP contribution in [0, 0.1) is 0 Å². The molecule has 2 aromatic rings. The predicted molar refractivity (Wildman–Crippen MR) is 104 cm³/mol. The van der Waals surface area contributed by atoms with Crippen molar-refractivity contribution < 1.29 is 35.9 Å². The van der Waals surface area contributed by atoms with Gasteiger partial charge >= 0.3 is 0 Å². The lowest BCUT2D eigenvalue weighted by Gasteiger charge is -2.31. The van der Waals surface area contributed by atoms with Crippen molar-refractivity contribution in [1.29, 1.82) is 0 Å². The zero-order chi connectivity index (χ0) is 19.1. The molecule has 0 radical (unpaired) electrons. The highest BCUT2D eigenvalue weighted by Crippen LogP contribution is 2.42. The molecule has 1 unspecified atom stereocenters. The summed E-state index contributed by atoms with van der Waals surface area (Å²) in [5, 5.41) is 0. The maximum atomic E-state index is 5.56. The molecule has 0 amide bonds. The molecular weight excluding hydrogens is 378 g/mol. The maximum Gasteiger partial charge on any atom is 0.182 e. The summed E-state index contributed by atoms with van der Waals surface area (Å²) in [6, 6.07) is 8.78. The van der Waals surface area contributed by atoms with Gasteiger partial charge in [-0.2, -0.15) is 0 Å². The van der Waals surface area contributed by atoms with Crippen LogP contribution < -0.4 is 31.4 Å². The molecule has 6 heteroatoms. The van der Waals surface area contributed by atoms with E-state index < -0.39 is 0 Å². The molecule has 0 saturated heterocycles. The van der Waals surface area contributed by atoms with Gasteiger partial charge in [-0.25, -0.2) is 4.58 Å². The zero-order valence-corrected chi connectivity index (χ0v) is 17.7. The summed E-state index contributed by atoms with van der Waals surface area (Å²) in [6.07, 6.45) is 1.92. The molecule has 150 valence electrons. The lowest BCUT2D eigenvalue weighted by atomic mass is 9.84. The highest BCUT2D eigenvalue weighted by molar-refractivity contribution is 5.98. The second kappa shape index (κ2) is 7.92. The van der Waals surface area contributed by atoms with Gasteiger partial charge in [0.2, 0.25) is 0 Å². The van der Waals surface area contributed by atoms with E-state index in [0.29, 0.717) is 6.04 Å². The SMILES string of the molecule is COc1cc2c(cc1OC)C(C)=[N+]1CCc3cc(OC)c(OC)cc3C1C2.[Cl-]. The molecule has 0 aliphatic carbocycles. The van der Waals surface area contributed by atoms with Gasteiger partial charge in [0.05, 0.1) is 28.4 Å². The first-order valence-corrected chi connectivity index (χ1v) is 9.21. The van der Waals surface area contributed by atoms with E-state index >= 15 is 0 Å². The first-order chi connectivity index (χ1) is 13.1. The van der Waals surface area contributed by atoms with Crippen molar-refractivity contribution in [2.45, 2.75) is 25.8 Å². The van der Waals surface area contributed by atoms with Crippen molar-refractivity contribution in [3.05, 3.63) is 46.5 Å². The second-order valence-electron chi connectivity index (χ2n) is 7.02. The maximum absolute atomic E-state index is 5.56. The van der Waals surface area contributed by atoms with Crippen LogP contribution >= 0.6 is 0 Å². The van der Waals surface area contributed by atoms with Crippen LogP contribution in [0.3, 0.4) is 0 Å². The minimum absolute atomic E-state index is 0. The number of benzene rings is 2. The Labute approximate surface area is 172 Å². The van der Waals surface area contributed by atoms with Crippen LogP contribution in [-0.2, 0) is 12.8 Å². The topological polar surface area (TPSA) is 39.9 Å².